The van der Waals surface area contributed by atoms with E-state index in [9.17, 15) is 4.79 Å². The van der Waals surface area contributed by atoms with Gasteiger partial charge in [0, 0.05) is 6.54 Å². The highest BCUT2D eigenvalue weighted by atomic mass is 32.1. The van der Waals surface area contributed by atoms with Crippen molar-refractivity contribution < 1.29 is 9.53 Å². The van der Waals surface area contributed by atoms with E-state index in [-0.39, 0.29) is 5.91 Å². The van der Waals surface area contributed by atoms with E-state index in [1.807, 2.05) is 48.7 Å². The van der Waals surface area contributed by atoms with Crippen molar-refractivity contribution in [1.82, 2.24) is 5.32 Å². The zero-order chi connectivity index (χ0) is 12.8. The Balaban J connectivity index is 1.88. The van der Waals surface area contributed by atoms with Crippen LogP contribution in [0.4, 0.5) is 0 Å². The average molecular weight is 261 g/mol. The van der Waals surface area contributed by atoms with Crippen molar-refractivity contribution in [2.24, 2.45) is 0 Å². The van der Waals surface area contributed by atoms with Gasteiger partial charge in [-0.15, -0.1) is 11.3 Å². The van der Waals surface area contributed by atoms with Crippen LogP contribution in [0.15, 0.2) is 41.8 Å². The van der Waals surface area contributed by atoms with Gasteiger partial charge in [0.25, 0.3) is 5.91 Å². The molecule has 0 radical (unpaired) electrons. The number of hydrogen-bond donors (Lipinski definition) is 1. The number of hydrogen-bond acceptors (Lipinski definition) is 3. The molecule has 0 aliphatic heterocycles. The summed E-state index contributed by atoms with van der Waals surface area (Å²) in [4.78, 5) is 12.5. The molecule has 1 N–H and O–H groups in total. The van der Waals surface area contributed by atoms with E-state index in [2.05, 4.69) is 5.32 Å². The standard InChI is InChI=1S/C14H15NO2S/c1-2-17-12-7-5-11(6-8-12)10-15-14(16)13-4-3-9-18-13/h3-9H,2,10H2,1H3,(H,15,16). The van der Waals surface area contributed by atoms with Crippen molar-refractivity contribution in [2.75, 3.05) is 6.61 Å². The molecule has 0 aliphatic carbocycles. The lowest BCUT2D eigenvalue weighted by molar-refractivity contribution is 0.0955. The molecule has 0 aliphatic rings. The van der Waals surface area contributed by atoms with Gasteiger partial charge in [-0.25, -0.2) is 0 Å². The van der Waals surface area contributed by atoms with Crippen LogP contribution in [0, 0.1) is 0 Å². The maximum Gasteiger partial charge on any atom is 0.261 e. The molecule has 94 valence electrons. The fraction of sp³-hybridized carbons (Fsp3) is 0.214. The maximum absolute atomic E-state index is 11.7. The second-order valence-electron chi connectivity index (χ2n) is 3.74. The molecule has 1 heterocycles. The monoisotopic (exact) mass is 261 g/mol. The number of benzene rings is 1. The van der Waals surface area contributed by atoms with E-state index in [1.54, 1.807) is 0 Å². The molecule has 0 atom stereocenters. The highest BCUT2D eigenvalue weighted by molar-refractivity contribution is 7.12. The predicted molar refractivity (Wildman–Crippen MR) is 73.1 cm³/mol. The Bertz CT molecular complexity index is 491. The van der Waals surface area contributed by atoms with Gasteiger partial charge in [-0.3, -0.25) is 4.79 Å². The molecule has 0 spiro atoms. The van der Waals surface area contributed by atoms with Crippen molar-refractivity contribution in [3.63, 3.8) is 0 Å². The Labute approximate surface area is 110 Å². The van der Waals surface area contributed by atoms with Gasteiger partial charge in [0.2, 0.25) is 0 Å². The van der Waals surface area contributed by atoms with Gasteiger partial charge in [0.05, 0.1) is 11.5 Å². The lowest BCUT2D eigenvalue weighted by Gasteiger charge is -2.06. The summed E-state index contributed by atoms with van der Waals surface area (Å²) in [6, 6.07) is 11.4. The van der Waals surface area contributed by atoms with Crippen molar-refractivity contribution in [3.05, 3.63) is 52.2 Å². The minimum atomic E-state index is -0.0288. The van der Waals surface area contributed by atoms with Gasteiger partial charge in [-0.05, 0) is 36.1 Å². The van der Waals surface area contributed by atoms with Crippen LogP contribution in [0.2, 0.25) is 0 Å². The lowest BCUT2D eigenvalue weighted by Crippen LogP contribution is -2.21. The van der Waals surface area contributed by atoms with Crippen molar-refractivity contribution in [2.45, 2.75) is 13.5 Å². The minimum Gasteiger partial charge on any atom is -0.494 e. The van der Waals surface area contributed by atoms with Crippen LogP contribution in [0.3, 0.4) is 0 Å². The van der Waals surface area contributed by atoms with Gasteiger partial charge < -0.3 is 10.1 Å². The minimum absolute atomic E-state index is 0.0288. The van der Waals surface area contributed by atoms with Crippen LogP contribution in [-0.4, -0.2) is 12.5 Å². The Morgan fingerprint density at radius 3 is 2.67 bits per heavy atom. The maximum atomic E-state index is 11.7. The van der Waals surface area contributed by atoms with Gasteiger partial charge in [0.15, 0.2) is 0 Å². The molecule has 0 fully saturated rings. The van der Waals surface area contributed by atoms with E-state index in [0.29, 0.717) is 13.2 Å². The highest BCUT2D eigenvalue weighted by Crippen LogP contribution is 2.12. The largest absolute Gasteiger partial charge is 0.494 e. The van der Waals surface area contributed by atoms with Crippen LogP contribution in [-0.2, 0) is 6.54 Å². The first kappa shape index (κ1) is 12.6. The number of rotatable bonds is 5. The van der Waals surface area contributed by atoms with Crippen molar-refractivity contribution in [3.8, 4) is 5.75 Å². The number of carbonyl (C=O) groups excluding carboxylic acids is 1. The van der Waals surface area contributed by atoms with E-state index < -0.39 is 0 Å². The summed E-state index contributed by atoms with van der Waals surface area (Å²) < 4.78 is 5.36. The smallest absolute Gasteiger partial charge is 0.261 e. The molecule has 1 amide bonds. The predicted octanol–water partition coefficient (Wildman–Crippen LogP) is 3.08. The highest BCUT2D eigenvalue weighted by Gasteiger charge is 2.05. The summed E-state index contributed by atoms with van der Waals surface area (Å²) in [7, 11) is 0. The zero-order valence-corrected chi connectivity index (χ0v) is 11.0. The number of amides is 1. The van der Waals surface area contributed by atoms with Gasteiger partial charge in [-0.2, -0.15) is 0 Å². The summed E-state index contributed by atoms with van der Waals surface area (Å²) in [5.41, 5.74) is 1.06. The molecule has 4 heteroatoms. The van der Waals surface area contributed by atoms with Crippen LogP contribution < -0.4 is 10.1 Å². The molecule has 0 saturated carbocycles. The first-order valence-corrected chi connectivity index (χ1v) is 6.71. The Kier molecular flexibility index (Phi) is 4.36. The molecular formula is C14H15NO2S. The molecular weight excluding hydrogens is 246 g/mol. The first-order valence-electron chi connectivity index (χ1n) is 5.83. The fourth-order valence-corrected chi connectivity index (χ4v) is 2.19. The van der Waals surface area contributed by atoms with Crippen LogP contribution >= 0.6 is 11.3 Å². The average Bonchev–Trinajstić information content (AvgIpc) is 2.92. The molecule has 0 bridgehead atoms. The van der Waals surface area contributed by atoms with Crippen molar-refractivity contribution >= 4 is 17.2 Å². The third-order valence-corrected chi connectivity index (χ3v) is 3.30. The van der Waals surface area contributed by atoms with Gasteiger partial charge in [0.1, 0.15) is 5.75 Å². The van der Waals surface area contributed by atoms with Crippen molar-refractivity contribution in [1.29, 1.82) is 0 Å². The normalized spacial score (nSPS) is 10.1. The number of nitrogens with one attached hydrogen (secondary N) is 1. The fourth-order valence-electron chi connectivity index (χ4n) is 1.55. The summed E-state index contributed by atoms with van der Waals surface area (Å²) >= 11 is 1.44. The summed E-state index contributed by atoms with van der Waals surface area (Å²) in [6.45, 7) is 3.15. The second-order valence-corrected chi connectivity index (χ2v) is 4.68. The molecule has 1 aromatic heterocycles. The summed E-state index contributed by atoms with van der Waals surface area (Å²) in [5, 5.41) is 4.78. The molecule has 1 aromatic carbocycles. The first-order chi connectivity index (χ1) is 8.79. The Hall–Kier alpha value is -1.81. The Morgan fingerprint density at radius 2 is 2.06 bits per heavy atom. The van der Waals surface area contributed by atoms with Gasteiger partial charge in [-0.1, -0.05) is 18.2 Å². The quantitative estimate of drug-likeness (QED) is 0.898. The van der Waals surface area contributed by atoms with E-state index in [0.717, 1.165) is 16.2 Å². The van der Waals surface area contributed by atoms with Gasteiger partial charge >= 0.3 is 0 Å². The third kappa shape index (κ3) is 3.34. The summed E-state index contributed by atoms with van der Waals surface area (Å²) in [5.74, 6) is 0.824. The molecule has 2 aromatic rings. The molecule has 2 rings (SSSR count). The van der Waals surface area contributed by atoms with Crippen LogP contribution in [0.5, 0.6) is 5.75 Å². The number of thiophene rings is 1. The van der Waals surface area contributed by atoms with Crippen LogP contribution in [0.25, 0.3) is 0 Å². The third-order valence-electron chi connectivity index (χ3n) is 2.43. The van der Waals surface area contributed by atoms with E-state index in [4.69, 9.17) is 4.74 Å². The lowest BCUT2D eigenvalue weighted by atomic mass is 10.2. The topological polar surface area (TPSA) is 38.3 Å². The number of carbonyl (C=O) groups is 1. The summed E-state index contributed by atoms with van der Waals surface area (Å²) in [6.07, 6.45) is 0. The molecule has 0 saturated heterocycles. The molecule has 18 heavy (non-hydrogen) atoms. The molecule has 0 unspecified atom stereocenters. The van der Waals surface area contributed by atoms with E-state index in [1.165, 1.54) is 11.3 Å². The van der Waals surface area contributed by atoms with E-state index >= 15 is 0 Å². The second kappa shape index (κ2) is 6.21. The molecule has 3 nitrogen and oxygen atoms in total. The van der Waals surface area contributed by atoms with Crippen LogP contribution in [0.1, 0.15) is 22.2 Å². The zero-order valence-electron chi connectivity index (χ0n) is 10.2. The Morgan fingerprint density at radius 1 is 1.28 bits per heavy atom. The number of ether oxygens (including phenoxy) is 1. The SMILES string of the molecule is CCOc1ccc(CNC(=O)c2cccs2)cc1.